The summed E-state index contributed by atoms with van der Waals surface area (Å²) in [4.78, 5) is 8.91. The monoisotopic (exact) mass is 365 g/mol. The Morgan fingerprint density at radius 1 is 1.16 bits per heavy atom. The van der Waals surface area contributed by atoms with Gasteiger partial charge in [-0.1, -0.05) is 18.2 Å². The molecule has 0 fully saturated rings. The molecule has 3 rings (SSSR count). The number of anilines is 1. The van der Waals surface area contributed by atoms with Gasteiger partial charge in [-0.25, -0.2) is 9.97 Å². The molecule has 2 aromatic heterocycles. The lowest BCUT2D eigenvalue weighted by Crippen LogP contribution is -2.02. The van der Waals surface area contributed by atoms with E-state index in [1.165, 1.54) is 0 Å². The third kappa shape index (κ3) is 1.98. The quantitative estimate of drug-likeness (QED) is 0.668. The zero-order valence-electron chi connectivity index (χ0n) is 10.6. The average Bonchev–Trinajstić information content (AvgIpc) is 2.71. The minimum atomic E-state index is 0.507. The molecule has 0 spiro atoms. The van der Waals surface area contributed by atoms with Crippen molar-refractivity contribution in [1.29, 1.82) is 0 Å². The number of nitrogen functional groups attached to an aromatic ring is 1. The summed E-state index contributed by atoms with van der Waals surface area (Å²) in [6, 6.07) is 7.87. The van der Waals surface area contributed by atoms with Gasteiger partial charge in [0.05, 0.1) is 14.8 Å². The maximum Gasteiger partial charge on any atom is 0.165 e. The zero-order valence-corrected chi connectivity index (χ0v) is 12.7. The van der Waals surface area contributed by atoms with Crippen molar-refractivity contribution in [1.82, 2.24) is 9.97 Å². The highest BCUT2D eigenvalue weighted by atomic mass is 127. The first-order chi connectivity index (χ1) is 9.08. The van der Waals surface area contributed by atoms with E-state index in [4.69, 9.17) is 10.2 Å². The number of aromatic nitrogens is 2. The number of nitrogens with two attached hydrogens (primary N) is 1. The molecule has 0 atom stereocenters. The molecule has 96 valence electrons. The molecule has 2 heterocycles. The van der Waals surface area contributed by atoms with Crippen LogP contribution >= 0.6 is 22.6 Å². The molecule has 0 unspecified atom stereocenters. The molecule has 3 aromatic rings. The van der Waals surface area contributed by atoms with Crippen LogP contribution in [-0.2, 0) is 0 Å². The van der Waals surface area contributed by atoms with Gasteiger partial charge in [-0.3, -0.25) is 0 Å². The maximum absolute atomic E-state index is 5.93. The largest absolute Gasteiger partial charge is 0.461 e. The Labute approximate surface area is 124 Å². The summed E-state index contributed by atoms with van der Waals surface area (Å²) in [7, 11) is 0. The average molecular weight is 365 g/mol. The van der Waals surface area contributed by atoms with Crippen LogP contribution in [0.3, 0.4) is 0 Å². The fourth-order valence-electron chi connectivity index (χ4n) is 2.14. The Bertz CT molecular complexity index is 756. The van der Waals surface area contributed by atoms with Crippen molar-refractivity contribution in [3.8, 4) is 11.4 Å². The number of nitrogens with zero attached hydrogens (tertiary/aromatic N) is 2. The lowest BCUT2D eigenvalue weighted by atomic mass is 10.1. The number of aryl methyl sites for hydroxylation is 2. The van der Waals surface area contributed by atoms with Crippen LogP contribution in [0.15, 0.2) is 28.7 Å². The third-order valence-corrected chi connectivity index (χ3v) is 4.37. The summed E-state index contributed by atoms with van der Waals surface area (Å²) in [6.07, 6.45) is 0. The van der Waals surface area contributed by atoms with Crippen LogP contribution in [0.1, 0.15) is 11.5 Å². The first-order valence-electron chi connectivity index (χ1n) is 5.86. The van der Waals surface area contributed by atoms with Crippen molar-refractivity contribution < 1.29 is 4.42 Å². The number of hydrogen-bond donors (Lipinski definition) is 1. The molecule has 0 bridgehead atoms. The van der Waals surface area contributed by atoms with Gasteiger partial charge in [-0.15, -0.1) is 0 Å². The number of furan rings is 1. The van der Waals surface area contributed by atoms with Gasteiger partial charge in [-0.2, -0.15) is 0 Å². The summed E-state index contributed by atoms with van der Waals surface area (Å²) >= 11 is 2.16. The number of para-hydroxylation sites is 1. The second kappa shape index (κ2) is 4.48. The molecule has 0 saturated heterocycles. The Kier molecular flexibility index (Phi) is 2.93. The van der Waals surface area contributed by atoms with Gasteiger partial charge in [0, 0.05) is 5.39 Å². The topological polar surface area (TPSA) is 64.9 Å². The van der Waals surface area contributed by atoms with Crippen LogP contribution in [0.4, 0.5) is 5.82 Å². The molecular weight excluding hydrogens is 353 g/mol. The fourth-order valence-corrected chi connectivity index (χ4v) is 2.38. The highest BCUT2D eigenvalue weighted by molar-refractivity contribution is 14.1. The summed E-state index contributed by atoms with van der Waals surface area (Å²) in [5.41, 5.74) is 8.57. The molecule has 0 aliphatic rings. The van der Waals surface area contributed by atoms with Gasteiger partial charge in [0.1, 0.15) is 17.2 Å². The first-order valence-corrected chi connectivity index (χ1v) is 6.94. The molecule has 0 saturated carbocycles. The van der Waals surface area contributed by atoms with E-state index in [0.717, 1.165) is 31.6 Å². The lowest BCUT2D eigenvalue weighted by molar-refractivity contribution is 0.579. The van der Waals surface area contributed by atoms with Crippen LogP contribution in [0.5, 0.6) is 0 Å². The van der Waals surface area contributed by atoms with E-state index in [0.29, 0.717) is 11.6 Å². The second-order valence-corrected chi connectivity index (χ2v) is 5.44. The van der Waals surface area contributed by atoms with Gasteiger partial charge in [-0.05, 0) is 42.5 Å². The van der Waals surface area contributed by atoms with Crippen LogP contribution in [0.2, 0.25) is 0 Å². The van der Waals surface area contributed by atoms with Gasteiger partial charge >= 0.3 is 0 Å². The molecule has 0 aliphatic heterocycles. The Hall–Kier alpha value is -1.63. The number of hydrogen-bond acceptors (Lipinski definition) is 4. The number of fused-ring (bicyclic) bond motifs is 1. The Morgan fingerprint density at radius 3 is 2.63 bits per heavy atom. The van der Waals surface area contributed by atoms with E-state index < -0.39 is 0 Å². The molecule has 2 N–H and O–H groups in total. The molecule has 0 aliphatic carbocycles. The molecule has 0 radical (unpaired) electrons. The predicted octanol–water partition coefficient (Wildman–Crippen LogP) is 3.69. The van der Waals surface area contributed by atoms with Crippen molar-refractivity contribution >= 4 is 39.4 Å². The molecule has 1 aromatic carbocycles. The van der Waals surface area contributed by atoms with E-state index in [-0.39, 0.29) is 0 Å². The summed E-state index contributed by atoms with van der Waals surface area (Å²) in [5, 5.41) is 1.01. The Balaban J connectivity index is 2.33. The summed E-state index contributed by atoms with van der Waals surface area (Å²) in [5.74, 6) is 1.94. The first kappa shape index (κ1) is 12.4. The van der Waals surface area contributed by atoms with Crippen molar-refractivity contribution in [2.24, 2.45) is 0 Å². The van der Waals surface area contributed by atoms with Crippen molar-refractivity contribution in [3.63, 3.8) is 0 Å². The van der Waals surface area contributed by atoms with Crippen LogP contribution < -0.4 is 5.73 Å². The zero-order chi connectivity index (χ0) is 13.6. The maximum atomic E-state index is 5.93. The van der Waals surface area contributed by atoms with E-state index in [1.807, 2.05) is 38.1 Å². The minimum absolute atomic E-state index is 0.507. The normalized spacial score (nSPS) is 11.1. The summed E-state index contributed by atoms with van der Waals surface area (Å²) < 4.78 is 6.64. The molecule has 19 heavy (non-hydrogen) atoms. The van der Waals surface area contributed by atoms with Gasteiger partial charge < -0.3 is 10.2 Å². The minimum Gasteiger partial charge on any atom is -0.461 e. The Morgan fingerprint density at radius 2 is 1.89 bits per heavy atom. The molecule has 4 nitrogen and oxygen atoms in total. The lowest BCUT2D eigenvalue weighted by Gasteiger charge is -2.05. The van der Waals surface area contributed by atoms with E-state index >= 15 is 0 Å². The highest BCUT2D eigenvalue weighted by Gasteiger charge is 2.17. The predicted molar refractivity (Wildman–Crippen MR) is 83.8 cm³/mol. The molecule has 0 amide bonds. The van der Waals surface area contributed by atoms with Crippen molar-refractivity contribution in [2.75, 3.05) is 5.73 Å². The number of rotatable bonds is 1. The summed E-state index contributed by atoms with van der Waals surface area (Å²) in [6.45, 7) is 3.85. The number of halogens is 1. The highest BCUT2D eigenvalue weighted by Crippen LogP contribution is 2.33. The van der Waals surface area contributed by atoms with Gasteiger partial charge in [0.25, 0.3) is 0 Å². The number of benzene rings is 1. The standard InChI is InChI=1S/C14H12IN3O/c1-7-12(15)13(16)18-14(17-7)11-8(2)19-10-6-4-3-5-9(10)11/h3-6H,1-2H3,(H2,16,17,18). The van der Waals surface area contributed by atoms with E-state index in [2.05, 4.69) is 32.6 Å². The third-order valence-electron chi connectivity index (χ3n) is 3.04. The van der Waals surface area contributed by atoms with Crippen molar-refractivity contribution in [3.05, 3.63) is 39.3 Å². The SMILES string of the molecule is Cc1nc(-c2c(C)oc3ccccc23)nc(N)c1I. The molecular formula is C14H12IN3O. The smallest absolute Gasteiger partial charge is 0.165 e. The fraction of sp³-hybridized carbons (Fsp3) is 0.143. The molecule has 5 heteroatoms. The van der Waals surface area contributed by atoms with Crippen LogP contribution in [0.25, 0.3) is 22.4 Å². The van der Waals surface area contributed by atoms with E-state index in [9.17, 15) is 0 Å². The second-order valence-electron chi connectivity index (χ2n) is 4.36. The van der Waals surface area contributed by atoms with E-state index in [1.54, 1.807) is 0 Å². The van der Waals surface area contributed by atoms with Gasteiger partial charge in [0.2, 0.25) is 0 Å². The van der Waals surface area contributed by atoms with Crippen LogP contribution in [0, 0.1) is 17.4 Å². The van der Waals surface area contributed by atoms with Crippen molar-refractivity contribution in [2.45, 2.75) is 13.8 Å². The van der Waals surface area contributed by atoms with Gasteiger partial charge in [0.15, 0.2) is 5.82 Å². The van der Waals surface area contributed by atoms with Crippen LogP contribution in [-0.4, -0.2) is 9.97 Å².